The van der Waals surface area contributed by atoms with Crippen LogP contribution in [-0.2, 0) is 19.1 Å². The first kappa shape index (κ1) is 21.2. The van der Waals surface area contributed by atoms with Crippen LogP contribution in [0.15, 0.2) is 0 Å². The van der Waals surface area contributed by atoms with Crippen LogP contribution in [0.4, 0.5) is 0 Å². The minimum absolute atomic E-state index is 0.158. The summed E-state index contributed by atoms with van der Waals surface area (Å²) in [4.78, 5) is 42.0. The molecule has 2 aliphatic heterocycles. The van der Waals surface area contributed by atoms with Gasteiger partial charge in [-0.1, -0.05) is 12.8 Å². The predicted molar refractivity (Wildman–Crippen MR) is 100 cm³/mol. The maximum absolute atomic E-state index is 12.8. The summed E-state index contributed by atoms with van der Waals surface area (Å²) in [5, 5.41) is 0. The number of hydrogen-bond donors (Lipinski definition) is 1. The molecule has 2 heterocycles. The summed E-state index contributed by atoms with van der Waals surface area (Å²) in [6, 6.07) is 0. The molecule has 2 fully saturated rings. The quantitative estimate of drug-likeness (QED) is 0.637. The minimum Gasteiger partial charge on any atom is -0.379 e. The van der Waals surface area contributed by atoms with E-state index < -0.39 is 11.4 Å². The molecule has 2 aliphatic rings. The Morgan fingerprint density at radius 3 is 2.52 bits per heavy atom. The third kappa shape index (κ3) is 4.99. The molecule has 0 aromatic heterocycles. The number of nitrogens with zero attached hydrogens (tertiary/aromatic N) is 3. The van der Waals surface area contributed by atoms with Crippen molar-refractivity contribution in [2.24, 2.45) is 11.7 Å². The van der Waals surface area contributed by atoms with Gasteiger partial charge in [0.2, 0.25) is 11.8 Å². The Balaban J connectivity index is 1.89. The monoisotopic (exact) mass is 378 g/mol. The zero-order valence-corrected chi connectivity index (χ0v) is 16.5. The molecular formula is C19H30N4O4. The van der Waals surface area contributed by atoms with Gasteiger partial charge in [0.1, 0.15) is 5.54 Å². The van der Waals surface area contributed by atoms with Crippen LogP contribution in [0.25, 0.3) is 0 Å². The maximum atomic E-state index is 12.8. The van der Waals surface area contributed by atoms with E-state index in [2.05, 4.69) is 16.7 Å². The summed E-state index contributed by atoms with van der Waals surface area (Å²) in [7, 11) is 1.60. The van der Waals surface area contributed by atoms with E-state index >= 15 is 0 Å². The highest BCUT2D eigenvalue weighted by molar-refractivity contribution is 5.95. The molecule has 0 bridgehead atoms. The number of nitrogens with two attached hydrogens (primary N) is 1. The van der Waals surface area contributed by atoms with Crippen LogP contribution in [0.3, 0.4) is 0 Å². The molecule has 2 atom stereocenters. The Hall–Kier alpha value is -2.11. The highest BCUT2D eigenvalue weighted by atomic mass is 16.5. The van der Waals surface area contributed by atoms with Gasteiger partial charge in [0.15, 0.2) is 0 Å². The molecule has 0 aromatic carbocycles. The molecular weight excluding hydrogens is 348 g/mol. The van der Waals surface area contributed by atoms with Crippen LogP contribution in [-0.4, -0.2) is 90.9 Å². The van der Waals surface area contributed by atoms with Gasteiger partial charge in [0, 0.05) is 33.2 Å². The normalized spacial score (nSPS) is 22.5. The summed E-state index contributed by atoms with van der Waals surface area (Å²) in [5.41, 5.74) is 4.46. The predicted octanol–water partition coefficient (Wildman–Crippen LogP) is -0.717. The van der Waals surface area contributed by atoms with Gasteiger partial charge < -0.3 is 20.3 Å². The zero-order valence-electron chi connectivity index (χ0n) is 16.5. The van der Waals surface area contributed by atoms with E-state index in [1.165, 1.54) is 4.90 Å². The number of carbonyl (C=O) groups is 3. The number of morpholine rings is 1. The van der Waals surface area contributed by atoms with Gasteiger partial charge in [0.05, 0.1) is 25.7 Å². The third-order valence-corrected chi connectivity index (χ3v) is 5.72. The number of likely N-dealkylation sites (N-methyl/N-ethyl adjacent to an activating group) is 1. The van der Waals surface area contributed by atoms with E-state index in [0.29, 0.717) is 45.7 Å². The van der Waals surface area contributed by atoms with Crippen molar-refractivity contribution in [2.75, 3.05) is 53.0 Å². The van der Waals surface area contributed by atoms with Crippen LogP contribution < -0.4 is 5.73 Å². The molecule has 0 saturated carbocycles. The highest BCUT2D eigenvalue weighted by Crippen LogP contribution is 2.24. The van der Waals surface area contributed by atoms with Gasteiger partial charge in [-0.2, -0.15) is 0 Å². The van der Waals surface area contributed by atoms with Crippen molar-refractivity contribution in [1.82, 2.24) is 14.7 Å². The van der Waals surface area contributed by atoms with Crippen molar-refractivity contribution in [3.8, 4) is 11.8 Å². The van der Waals surface area contributed by atoms with Gasteiger partial charge in [0.25, 0.3) is 5.91 Å². The summed E-state index contributed by atoms with van der Waals surface area (Å²) in [5.74, 6) is 4.33. The molecule has 0 spiro atoms. The van der Waals surface area contributed by atoms with Crippen LogP contribution in [0.2, 0.25) is 0 Å². The first-order chi connectivity index (χ1) is 12.8. The summed E-state index contributed by atoms with van der Waals surface area (Å²) in [6.07, 6.45) is 1.01. The van der Waals surface area contributed by atoms with Gasteiger partial charge >= 0.3 is 0 Å². The average Bonchev–Trinajstić information content (AvgIpc) is 3.17. The number of ether oxygens (including phenoxy) is 1. The molecule has 8 heteroatoms. The van der Waals surface area contributed by atoms with Crippen molar-refractivity contribution in [1.29, 1.82) is 0 Å². The number of carbonyl (C=O) groups excluding carboxylic acids is 3. The Labute approximate surface area is 161 Å². The molecule has 0 radical (unpaired) electrons. The van der Waals surface area contributed by atoms with Gasteiger partial charge in [-0.25, -0.2) is 0 Å². The minimum atomic E-state index is -1.02. The molecule has 8 nitrogen and oxygen atoms in total. The molecule has 1 unspecified atom stereocenters. The molecule has 0 aliphatic carbocycles. The number of amides is 3. The lowest BCUT2D eigenvalue weighted by molar-refractivity contribution is -0.146. The fourth-order valence-electron chi connectivity index (χ4n) is 3.31. The lowest BCUT2D eigenvalue weighted by Crippen LogP contribution is -2.57. The highest BCUT2D eigenvalue weighted by Gasteiger charge is 2.41. The fraction of sp³-hybridized carbons (Fsp3) is 0.737. The van der Waals surface area contributed by atoms with E-state index in [9.17, 15) is 14.4 Å². The molecule has 2 saturated heterocycles. The van der Waals surface area contributed by atoms with E-state index in [-0.39, 0.29) is 17.7 Å². The second-order valence-electron chi connectivity index (χ2n) is 7.32. The maximum Gasteiger partial charge on any atom is 0.298 e. The topological polar surface area (TPSA) is 96.2 Å². The van der Waals surface area contributed by atoms with Crippen molar-refractivity contribution < 1.29 is 19.1 Å². The van der Waals surface area contributed by atoms with Crippen molar-refractivity contribution in [3.63, 3.8) is 0 Å². The van der Waals surface area contributed by atoms with Gasteiger partial charge in [-0.05, 0) is 25.7 Å². The number of likely N-dealkylation sites (tertiary alicyclic amines) is 1. The van der Waals surface area contributed by atoms with Crippen molar-refractivity contribution in [2.45, 2.75) is 32.2 Å². The summed E-state index contributed by atoms with van der Waals surface area (Å²) >= 11 is 0. The Morgan fingerprint density at radius 1 is 1.26 bits per heavy atom. The van der Waals surface area contributed by atoms with Crippen molar-refractivity contribution in [3.05, 3.63) is 0 Å². The molecule has 27 heavy (non-hydrogen) atoms. The Bertz CT molecular complexity index is 635. The fourth-order valence-corrected chi connectivity index (χ4v) is 3.31. The lowest BCUT2D eigenvalue weighted by Gasteiger charge is -2.36. The molecule has 3 amide bonds. The second kappa shape index (κ2) is 9.20. The van der Waals surface area contributed by atoms with Gasteiger partial charge in [-0.15, -0.1) is 0 Å². The van der Waals surface area contributed by atoms with Crippen LogP contribution in [0.1, 0.15) is 26.7 Å². The van der Waals surface area contributed by atoms with Crippen molar-refractivity contribution >= 4 is 17.7 Å². The van der Waals surface area contributed by atoms with E-state index in [0.717, 1.165) is 13.1 Å². The number of rotatable bonds is 5. The summed E-state index contributed by atoms with van der Waals surface area (Å²) < 4.78 is 5.28. The SMILES string of the molecule is CCC(C)(C(N)=O)N(C)C(=O)[C@H]1CCN(C(=O)C#CCN2CCOCC2)C1. The standard InChI is InChI=1S/C19H30N4O4/c1-4-19(2,18(20)26)21(3)17(25)15-7-9-23(14-15)16(24)6-5-8-22-10-12-27-13-11-22/h15H,4,7-14H2,1-3H3,(H2,20,26)/t15-,19?/m0/s1. The molecule has 2 N–H and O–H groups in total. The molecule has 0 aromatic rings. The average molecular weight is 378 g/mol. The van der Waals surface area contributed by atoms with E-state index in [1.807, 2.05) is 6.92 Å². The van der Waals surface area contributed by atoms with Crippen LogP contribution in [0, 0.1) is 17.8 Å². The molecule has 150 valence electrons. The Morgan fingerprint density at radius 2 is 1.93 bits per heavy atom. The lowest BCUT2D eigenvalue weighted by atomic mass is 9.94. The Kier molecular flexibility index (Phi) is 7.22. The van der Waals surface area contributed by atoms with Gasteiger partial charge in [-0.3, -0.25) is 19.3 Å². The number of primary amides is 1. The largest absolute Gasteiger partial charge is 0.379 e. The number of hydrogen-bond acceptors (Lipinski definition) is 5. The second-order valence-corrected chi connectivity index (χ2v) is 7.32. The zero-order chi connectivity index (χ0) is 20.0. The summed E-state index contributed by atoms with van der Waals surface area (Å²) in [6.45, 7) is 7.90. The molecule has 2 rings (SSSR count). The van der Waals surface area contributed by atoms with E-state index in [1.54, 1.807) is 18.9 Å². The third-order valence-electron chi connectivity index (χ3n) is 5.72. The smallest absolute Gasteiger partial charge is 0.298 e. The van der Waals surface area contributed by atoms with Crippen LogP contribution >= 0.6 is 0 Å². The first-order valence-electron chi connectivity index (χ1n) is 9.45. The van der Waals surface area contributed by atoms with E-state index in [4.69, 9.17) is 10.5 Å². The van der Waals surface area contributed by atoms with Crippen LogP contribution in [0.5, 0.6) is 0 Å². The first-order valence-corrected chi connectivity index (χ1v) is 9.45.